The van der Waals surface area contributed by atoms with Gasteiger partial charge < -0.3 is 10.6 Å². The van der Waals surface area contributed by atoms with Crippen LogP contribution >= 0.6 is 0 Å². The van der Waals surface area contributed by atoms with Crippen molar-refractivity contribution in [3.63, 3.8) is 0 Å². The van der Waals surface area contributed by atoms with E-state index in [1.54, 1.807) is 0 Å². The van der Waals surface area contributed by atoms with Crippen molar-refractivity contribution in [3.8, 4) is 0 Å². The Bertz CT molecular complexity index is 236. The maximum absolute atomic E-state index is 12.1. The largest absolute Gasteiger partial charge is 0.338 e. The fraction of sp³-hybridized carbons (Fsp3) is 0.750. The van der Waals surface area contributed by atoms with E-state index in [0.29, 0.717) is 12.5 Å². The summed E-state index contributed by atoms with van der Waals surface area (Å²) in [5.74, 6) is 0.773. The normalized spacial score (nSPS) is 18.3. The lowest BCUT2D eigenvalue weighted by molar-refractivity contribution is -0.135. The maximum Gasteiger partial charge on any atom is 0.227 e. The number of amides is 1. The Morgan fingerprint density at radius 3 is 2.67 bits per heavy atom. The smallest absolute Gasteiger partial charge is 0.227 e. The van der Waals surface area contributed by atoms with Gasteiger partial charge in [0, 0.05) is 19.6 Å². The van der Waals surface area contributed by atoms with Gasteiger partial charge in [-0.25, -0.2) is 0 Å². The Balaban J connectivity index is 2.51. The van der Waals surface area contributed by atoms with Crippen LogP contribution in [0.25, 0.3) is 0 Å². The quantitative estimate of drug-likeness (QED) is 0.713. The van der Waals surface area contributed by atoms with Gasteiger partial charge in [0.2, 0.25) is 5.91 Å². The molecule has 3 nitrogen and oxygen atoms in total. The van der Waals surface area contributed by atoms with Crippen molar-refractivity contribution < 1.29 is 4.79 Å². The van der Waals surface area contributed by atoms with Gasteiger partial charge in [-0.2, -0.15) is 0 Å². The molecule has 1 unspecified atom stereocenters. The fourth-order valence-electron chi connectivity index (χ4n) is 1.97. The number of carbonyl (C=O) groups excluding carboxylic acids is 1. The van der Waals surface area contributed by atoms with Crippen molar-refractivity contribution in [1.29, 1.82) is 0 Å². The maximum atomic E-state index is 12.1. The fourth-order valence-corrected chi connectivity index (χ4v) is 1.97. The lowest BCUT2D eigenvalue weighted by atomic mass is 9.95. The SMILES string of the molecule is CC(C)CC(CN)C(=O)N1CC=CCC1. The molecule has 15 heavy (non-hydrogen) atoms. The van der Waals surface area contributed by atoms with Crippen molar-refractivity contribution in [2.24, 2.45) is 17.6 Å². The summed E-state index contributed by atoms with van der Waals surface area (Å²) < 4.78 is 0. The first-order valence-electron chi connectivity index (χ1n) is 5.79. The number of nitrogens with two attached hydrogens (primary N) is 1. The monoisotopic (exact) mass is 210 g/mol. The first-order valence-corrected chi connectivity index (χ1v) is 5.79. The highest BCUT2D eigenvalue weighted by Gasteiger charge is 2.23. The van der Waals surface area contributed by atoms with Gasteiger partial charge in [0.1, 0.15) is 0 Å². The van der Waals surface area contributed by atoms with Gasteiger partial charge in [-0.05, 0) is 18.8 Å². The molecular weight excluding hydrogens is 188 g/mol. The molecule has 0 bridgehead atoms. The number of hydrogen-bond acceptors (Lipinski definition) is 2. The average molecular weight is 210 g/mol. The molecule has 0 aromatic rings. The van der Waals surface area contributed by atoms with E-state index in [2.05, 4.69) is 26.0 Å². The van der Waals surface area contributed by atoms with E-state index in [0.717, 1.165) is 25.9 Å². The molecule has 1 aliphatic heterocycles. The third-order valence-corrected chi connectivity index (χ3v) is 2.76. The van der Waals surface area contributed by atoms with E-state index >= 15 is 0 Å². The van der Waals surface area contributed by atoms with Crippen LogP contribution in [0.4, 0.5) is 0 Å². The van der Waals surface area contributed by atoms with Crippen molar-refractivity contribution in [2.75, 3.05) is 19.6 Å². The van der Waals surface area contributed by atoms with E-state index in [4.69, 9.17) is 5.73 Å². The van der Waals surface area contributed by atoms with Crippen molar-refractivity contribution in [1.82, 2.24) is 4.90 Å². The predicted octanol–water partition coefficient (Wildman–Crippen LogP) is 1.40. The Morgan fingerprint density at radius 2 is 2.20 bits per heavy atom. The molecule has 0 saturated carbocycles. The minimum Gasteiger partial charge on any atom is -0.338 e. The summed E-state index contributed by atoms with van der Waals surface area (Å²) >= 11 is 0. The predicted molar refractivity (Wildman–Crippen MR) is 62.3 cm³/mol. The van der Waals surface area contributed by atoms with Crippen LogP contribution in [-0.4, -0.2) is 30.4 Å². The van der Waals surface area contributed by atoms with Gasteiger partial charge in [0.15, 0.2) is 0 Å². The zero-order valence-corrected chi connectivity index (χ0v) is 9.78. The highest BCUT2D eigenvalue weighted by atomic mass is 16.2. The van der Waals surface area contributed by atoms with Gasteiger partial charge in [0.25, 0.3) is 0 Å². The summed E-state index contributed by atoms with van der Waals surface area (Å²) in [6.45, 7) is 6.34. The Kier molecular flexibility index (Phi) is 4.82. The molecule has 1 amide bonds. The molecule has 0 fully saturated rings. The minimum atomic E-state index is 0.0106. The highest BCUT2D eigenvalue weighted by molar-refractivity contribution is 5.79. The third kappa shape index (κ3) is 3.67. The standard InChI is InChI=1S/C12H22N2O/c1-10(2)8-11(9-13)12(15)14-6-4-3-5-7-14/h3-4,10-11H,5-9,13H2,1-2H3. The van der Waals surface area contributed by atoms with Gasteiger partial charge in [0.05, 0.1) is 5.92 Å². The molecule has 0 spiro atoms. The molecule has 0 aromatic carbocycles. The Hall–Kier alpha value is -0.830. The lowest BCUT2D eigenvalue weighted by Gasteiger charge is -2.28. The number of nitrogens with zero attached hydrogens (tertiary/aromatic N) is 1. The Morgan fingerprint density at radius 1 is 1.47 bits per heavy atom. The van der Waals surface area contributed by atoms with E-state index < -0.39 is 0 Å². The van der Waals surface area contributed by atoms with E-state index in [9.17, 15) is 4.79 Å². The summed E-state index contributed by atoms with van der Waals surface area (Å²) in [6, 6.07) is 0. The number of hydrogen-bond donors (Lipinski definition) is 1. The molecule has 1 aliphatic rings. The van der Waals surface area contributed by atoms with Crippen LogP contribution in [0.5, 0.6) is 0 Å². The van der Waals surface area contributed by atoms with Crippen LogP contribution < -0.4 is 5.73 Å². The van der Waals surface area contributed by atoms with Crippen molar-refractivity contribution in [3.05, 3.63) is 12.2 Å². The summed E-state index contributed by atoms with van der Waals surface area (Å²) in [5.41, 5.74) is 5.66. The van der Waals surface area contributed by atoms with Crippen LogP contribution in [0, 0.1) is 11.8 Å². The molecule has 2 N–H and O–H groups in total. The second-order valence-corrected chi connectivity index (χ2v) is 4.61. The zero-order valence-electron chi connectivity index (χ0n) is 9.78. The summed E-state index contributed by atoms with van der Waals surface area (Å²) in [5, 5.41) is 0. The summed E-state index contributed by atoms with van der Waals surface area (Å²) in [7, 11) is 0. The first-order chi connectivity index (χ1) is 7.15. The summed E-state index contributed by atoms with van der Waals surface area (Å²) in [4.78, 5) is 14.0. The molecule has 3 heteroatoms. The minimum absolute atomic E-state index is 0.0106. The van der Waals surface area contributed by atoms with Crippen LogP contribution in [0.3, 0.4) is 0 Å². The number of rotatable bonds is 4. The number of carbonyl (C=O) groups is 1. The van der Waals surface area contributed by atoms with Crippen LogP contribution in [0.2, 0.25) is 0 Å². The van der Waals surface area contributed by atoms with Gasteiger partial charge in [-0.1, -0.05) is 26.0 Å². The Labute approximate surface area is 92.3 Å². The van der Waals surface area contributed by atoms with Gasteiger partial charge >= 0.3 is 0 Å². The topological polar surface area (TPSA) is 46.3 Å². The molecule has 0 saturated heterocycles. The highest BCUT2D eigenvalue weighted by Crippen LogP contribution is 2.15. The molecular formula is C12H22N2O. The second-order valence-electron chi connectivity index (χ2n) is 4.61. The second kappa shape index (κ2) is 5.91. The molecule has 0 aromatic heterocycles. The lowest BCUT2D eigenvalue weighted by Crippen LogP contribution is -2.41. The van der Waals surface area contributed by atoms with E-state index in [1.807, 2.05) is 4.90 Å². The molecule has 0 aliphatic carbocycles. The first kappa shape index (κ1) is 12.2. The van der Waals surface area contributed by atoms with E-state index in [-0.39, 0.29) is 11.8 Å². The van der Waals surface area contributed by atoms with Crippen molar-refractivity contribution >= 4 is 5.91 Å². The molecule has 1 rings (SSSR count). The average Bonchev–Trinajstić information content (AvgIpc) is 2.26. The van der Waals surface area contributed by atoms with Crippen molar-refractivity contribution in [2.45, 2.75) is 26.7 Å². The van der Waals surface area contributed by atoms with Crippen LogP contribution in [0.15, 0.2) is 12.2 Å². The van der Waals surface area contributed by atoms with Gasteiger partial charge in [-0.3, -0.25) is 4.79 Å². The third-order valence-electron chi connectivity index (χ3n) is 2.76. The molecule has 1 heterocycles. The van der Waals surface area contributed by atoms with Crippen LogP contribution in [0.1, 0.15) is 26.7 Å². The molecule has 86 valence electrons. The van der Waals surface area contributed by atoms with Crippen LogP contribution in [-0.2, 0) is 4.79 Å². The van der Waals surface area contributed by atoms with E-state index in [1.165, 1.54) is 0 Å². The molecule has 0 radical (unpaired) electrons. The van der Waals surface area contributed by atoms with Gasteiger partial charge in [-0.15, -0.1) is 0 Å². The molecule has 1 atom stereocenters. The zero-order chi connectivity index (χ0) is 11.3. The summed E-state index contributed by atoms with van der Waals surface area (Å²) in [6.07, 6.45) is 6.06.